The molecule has 20 heavy (non-hydrogen) atoms. The fourth-order valence-corrected chi connectivity index (χ4v) is 2.22. The first kappa shape index (κ1) is 12.9. The van der Waals surface area contributed by atoms with Gasteiger partial charge in [0.25, 0.3) is 5.91 Å². The Labute approximate surface area is 119 Å². The van der Waals surface area contributed by atoms with Crippen LogP contribution in [-0.4, -0.2) is 41.9 Å². The summed E-state index contributed by atoms with van der Waals surface area (Å²) in [5.74, 6) is -0.416. The van der Waals surface area contributed by atoms with E-state index >= 15 is 0 Å². The molecule has 2 heterocycles. The van der Waals surface area contributed by atoms with Crippen LogP contribution >= 0.6 is 11.6 Å². The SMILES string of the molecule is O=C1OCCN1C(=O)C1CC(c2ccc(Cl)cc2)=NO1. The minimum absolute atomic E-state index is 0.224. The van der Waals surface area contributed by atoms with Crippen LogP contribution in [0.3, 0.4) is 0 Å². The van der Waals surface area contributed by atoms with Crippen molar-refractivity contribution in [2.24, 2.45) is 5.16 Å². The van der Waals surface area contributed by atoms with Crippen molar-refractivity contribution >= 4 is 29.3 Å². The van der Waals surface area contributed by atoms with Crippen LogP contribution in [0.5, 0.6) is 0 Å². The second-order valence-corrected chi connectivity index (χ2v) is 4.88. The molecule has 1 atom stereocenters. The van der Waals surface area contributed by atoms with Crippen molar-refractivity contribution < 1.29 is 19.2 Å². The van der Waals surface area contributed by atoms with Gasteiger partial charge in [-0.1, -0.05) is 28.9 Å². The van der Waals surface area contributed by atoms with Crippen LogP contribution in [0, 0.1) is 0 Å². The molecule has 7 heteroatoms. The third-order valence-electron chi connectivity index (χ3n) is 3.15. The van der Waals surface area contributed by atoms with Crippen molar-refractivity contribution in [1.82, 2.24) is 4.90 Å². The zero-order valence-electron chi connectivity index (χ0n) is 10.4. The molecule has 0 N–H and O–H groups in total. The Morgan fingerprint density at radius 1 is 1.35 bits per heavy atom. The van der Waals surface area contributed by atoms with E-state index in [2.05, 4.69) is 5.16 Å². The molecular formula is C13H11ClN2O4. The van der Waals surface area contributed by atoms with E-state index < -0.39 is 18.1 Å². The summed E-state index contributed by atoms with van der Waals surface area (Å²) in [6.07, 6.45) is -1.07. The van der Waals surface area contributed by atoms with E-state index in [0.717, 1.165) is 10.5 Å². The van der Waals surface area contributed by atoms with Crippen LogP contribution in [0.4, 0.5) is 4.79 Å². The van der Waals surface area contributed by atoms with Gasteiger partial charge in [0.15, 0.2) is 0 Å². The summed E-state index contributed by atoms with van der Waals surface area (Å²) in [6.45, 7) is 0.482. The largest absolute Gasteiger partial charge is 0.447 e. The maximum absolute atomic E-state index is 12.1. The first-order chi connectivity index (χ1) is 9.65. The van der Waals surface area contributed by atoms with Crippen LogP contribution in [0.25, 0.3) is 0 Å². The minimum atomic E-state index is -0.772. The molecule has 1 aromatic carbocycles. The quantitative estimate of drug-likeness (QED) is 0.834. The second kappa shape index (κ2) is 5.13. The lowest BCUT2D eigenvalue weighted by atomic mass is 10.0. The Hall–Kier alpha value is -2.08. The lowest BCUT2D eigenvalue weighted by molar-refractivity contribution is -0.138. The third kappa shape index (κ3) is 2.34. The Kier molecular flexibility index (Phi) is 3.31. The van der Waals surface area contributed by atoms with Crippen molar-refractivity contribution in [3.8, 4) is 0 Å². The molecule has 1 saturated heterocycles. The van der Waals surface area contributed by atoms with E-state index in [1.165, 1.54) is 0 Å². The Balaban J connectivity index is 1.68. The molecule has 2 aliphatic heterocycles. The number of amides is 2. The standard InChI is InChI=1S/C13H11ClN2O4/c14-9-3-1-8(2-4-9)10-7-11(20-15-10)12(17)16-5-6-19-13(16)18/h1-4,11H,5-7H2. The molecule has 2 amide bonds. The molecule has 1 aromatic rings. The molecule has 104 valence electrons. The van der Waals surface area contributed by atoms with Crippen molar-refractivity contribution in [2.45, 2.75) is 12.5 Å². The molecule has 0 bridgehead atoms. The molecule has 3 rings (SSSR count). The van der Waals surface area contributed by atoms with Crippen LogP contribution in [0.1, 0.15) is 12.0 Å². The van der Waals surface area contributed by atoms with Gasteiger partial charge in [-0.15, -0.1) is 0 Å². The van der Waals surface area contributed by atoms with Gasteiger partial charge in [0.2, 0.25) is 6.10 Å². The van der Waals surface area contributed by atoms with Gasteiger partial charge in [0.1, 0.15) is 6.61 Å². The summed E-state index contributed by atoms with van der Waals surface area (Å²) < 4.78 is 4.73. The number of carbonyl (C=O) groups is 2. The highest BCUT2D eigenvalue weighted by Crippen LogP contribution is 2.21. The number of oxime groups is 1. The van der Waals surface area contributed by atoms with Crippen molar-refractivity contribution in [1.29, 1.82) is 0 Å². The van der Waals surface area contributed by atoms with E-state index in [1.54, 1.807) is 12.1 Å². The molecule has 6 nitrogen and oxygen atoms in total. The normalized spacial score (nSPS) is 21.4. The maximum Gasteiger partial charge on any atom is 0.416 e. The molecule has 0 aliphatic carbocycles. The lowest BCUT2D eigenvalue weighted by Crippen LogP contribution is -2.39. The Morgan fingerprint density at radius 2 is 2.10 bits per heavy atom. The fourth-order valence-electron chi connectivity index (χ4n) is 2.09. The number of halogens is 1. The number of cyclic esters (lactones) is 1. The number of nitrogens with zero attached hydrogens (tertiary/aromatic N) is 2. The van der Waals surface area contributed by atoms with Crippen LogP contribution in [-0.2, 0) is 14.4 Å². The number of rotatable bonds is 2. The van der Waals surface area contributed by atoms with Gasteiger partial charge < -0.3 is 9.57 Å². The lowest BCUT2D eigenvalue weighted by Gasteiger charge is -2.14. The number of imide groups is 1. The molecule has 0 radical (unpaired) electrons. The van der Waals surface area contributed by atoms with E-state index in [-0.39, 0.29) is 13.2 Å². The predicted octanol–water partition coefficient (Wildman–Crippen LogP) is 1.81. The second-order valence-electron chi connectivity index (χ2n) is 4.45. The first-order valence-electron chi connectivity index (χ1n) is 6.12. The minimum Gasteiger partial charge on any atom is -0.447 e. The monoisotopic (exact) mass is 294 g/mol. The van der Waals surface area contributed by atoms with Crippen LogP contribution in [0.2, 0.25) is 5.02 Å². The highest BCUT2D eigenvalue weighted by atomic mass is 35.5. The van der Waals surface area contributed by atoms with Gasteiger partial charge in [0.05, 0.1) is 12.3 Å². The summed E-state index contributed by atoms with van der Waals surface area (Å²) in [7, 11) is 0. The van der Waals surface area contributed by atoms with Gasteiger partial charge in [-0.25, -0.2) is 9.69 Å². The highest BCUT2D eigenvalue weighted by molar-refractivity contribution is 6.30. The smallest absolute Gasteiger partial charge is 0.416 e. The summed E-state index contributed by atoms with van der Waals surface area (Å²) in [4.78, 5) is 29.6. The van der Waals surface area contributed by atoms with Gasteiger partial charge in [0, 0.05) is 11.4 Å². The van der Waals surface area contributed by atoms with Crippen molar-refractivity contribution in [2.75, 3.05) is 13.2 Å². The number of ether oxygens (including phenoxy) is 1. The zero-order chi connectivity index (χ0) is 14.1. The van der Waals surface area contributed by atoms with Crippen molar-refractivity contribution in [3.63, 3.8) is 0 Å². The Bertz CT molecular complexity index is 585. The maximum atomic E-state index is 12.1. The van der Waals surface area contributed by atoms with E-state index in [0.29, 0.717) is 17.2 Å². The molecule has 0 aromatic heterocycles. The van der Waals surface area contributed by atoms with Crippen LogP contribution in [0.15, 0.2) is 29.4 Å². The number of carbonyl (C=O) groups excluding carboxylic acids is 2. The summed E-state index contributed by atoms with van der Waals surface area (Å²) >= 11 is 5.82. The van der Waals surface area contributed by atoms with E-state index in [4.69, 9.17) is 21.2 Å². The first-order valence-corrected chi connectivity index (χ1v) is 6.50. The van der Waals surface area contributed by atoms with E-state index in [1.807, 2.05) is 12.1 Å². The van der Waals surface area contributed by atoms with Crippen LogP contribution < -0.4 is 0 Å². The van der Waals surface area contributed by atoms with Gasteiger partial charge >= 0.3 is 6.09 Å². The average molecular weight is 295 g/mol. The molecular weight excluding hydrogens is 284 g/mol. The summed E-state index contributed by atoms with van der Waals surface area (Å²) in [5.41, 5.74) is 1.50. The summed E-state index contributed by atoms with van der Waals surface area (Å²) in [6, 6.07) is 7.10. The molecule has 0 saturated carbocycles. The molecule has 2 aliphatic rings. The molecule has 0 spiro atoms. The summed E-state index contributed by atoms with van der Waals surface area (Å²) in [5, 5.41) is 4.53. The average Bonchev–Trinajstić information content (AvgIpc) is 3.08. The Morgan fingerprint density at radius 3 is 2.75 bits per heavy atom. The van der Waals surface area contributed by atoms with Crippen molar-refractivity contribution in [3.05, 3.63) is 34.9 Å². The number of hydrogen-bond donors (Lipinski definition) is 0. The highest BCUT2D eigenvalue weighted by Gasteiger charge is 2.38. The zero-order valence-corrected chi connectivity index (χ0v) is 11.2. The number of hydrogen-bond acceptors (Lipinski definition) is 5. The van der Waals surface area contributed by atoms with Gasteiger partial charge in [-0.05, 0) is 17.7 Å². The predicted molar refractivity (Wildman–Crippen MR) is 70.5 cm³/mol. The topological polar surface area (TPSA) is 68.2 Å². The molecule has 1 fully saturated rings. The molecule has 1 unspecified atom stereocenters. The van der Waals surface area contributed by atoms with Gasteiger partial charge in [-0.3, -0.25) is 4.79 Å². The van der Waals surface area contributed by atoms with E-state index in [9.17, 15) is 9.59 Å². The third-order valence-corrected chi connectivity index (χ3v) is 3.40. The van der Waals surface area contributed by atoms with Gasteiger partial charge in [-0.2, -0.15) is 0 Å². The number of benzene rings is 1. The fraction of sp³-hybridized carbons (Fsp3) is 0.308.